The number of rotatable bonds is 6. The molecule has 7 nitrogen and oxygen atoms in total. The van der Waals surface area contributed by atoms with Crippen LogP contribution in [-0.4, -0.2) is 30.8 Å². The van der Waals surface area contributed by atoms with Crippen molar-refractivity contribution in [1.29, 1.82) is 0 Å². The zero-order chi connectivity index (χ0) is 14.7. The van der Waals surface area contributed by atoms with Gasteiger partial charge in [-0.2, -0.15) is 9.97 Å². The van der Waals surface area contributed by atoms with Crippen LogP contribution in [0.4, 0.5) is 5.95 Å². The number of halogens is 1. The van der Waals surface area contributed by atoms with E-state index in [0.29, 0.717) is 37.1 Å². The van der Waals surface area contributed by atoms with Crippen LogP contribution >= 0.6 is 11.6 Å². The first-order valence-corrected chi connectivity index (χ1v) is 6.61. The summed E-state index contributed by atoms with van der Waals surface area (Å²) in [5.41, 5.74) is 6.22. The number of unbranched alkanes of at least 4 members (excludes halogenated alkanes) is 1. The number of fused-ring (bicyclic) bond motifs is 1. The van der Waals surface area contributed by atoms with Crippen molar-refractivity contribution < 1.29 is 5.11 Å². The third-order valence-corrected chi connectivity index (χ3v) is 3.19. The molecule has 0 radical (unpaired) electrons. The van der Waals surface area contributed by atoms with E-state index in [1.165, 1.54) is 9.13 Å². The maximum atomic E-state index is 12.4. The summed E-state index contributed by atoms with van der Waals surface area (Å²) in [5, 5.41) is 8.98. The number of imidazole rings is 1. The Hall–Kier alpha value is -1.86. The molecule has 0 saturated carbocycles. The molecule has 20 heavy (non-hydrogen) atoms. The van der Waals surface area contributed by atoms with Crippen LogP contribution in [0, 0.1) is 0 Å². The molecular formula is C12H16ClN5O2. The molecule has 0 spiro atoms. The molecule has 0 atom stereocenters. The Balaban J connectivity index is 2.63. The van der Waals surface area contributed by atoms with Gasteiger partial charge in [0.05, 0.1) is 0 Å². The van der Waals surface area contributed by atoms with E-state index in [0.717, 1.165) is 0 Å². The van der Waals surface area contributed by atoms with Gasteiger partial charge in [-0.3, -0.25) is 9.13 Å². The topological polar surface area (TPSA) is 99.0 Å². The van der Waals surface area contributed by atoms with Crippen molar-refractivity contribution in [3.05, 3.63) is 28.3 Å². The molecule has 0 saturated heterocycles. The fourth-order valence-corrected chi connectivity index (χ4v) is 2.34. The molecule has 2 heterocycles. The van der Waals surface area contributed by atoms with Gasteiger partial charge < -0.3 is 10.8 Å². The van der Waals surface area contributed by atoms with Crippen molar-refractivity contribution in [2.75, 3.05) is 12.3 Å². The molecule has 2 rings (SSSR count). The number of nitrogen functional groups attached to an aromatic ring is 1. The number of allylic oxidation sites excluding steroid dienone is 1. The first-order chi connectivity index (χ1) is 9.60. The highest BCUT2D eigenvalue weighted by atomic mass is 35.5. The quantitative estimate of drug-likeness (QED) is 0.466. The highest BCUT2D eigenvalue weighted by Gasteiger charge is 2.18. The minimum absolute atomic E-state index is 0.0224. The minimum Gasteiger partial charge on any atom is -0.396 e. The minimum atomic E-state index is -0.236. The average Bonchev–Trinajstić information content (AvgIpc) is 2.65. The molecule has 0 bridgehead atoms. The van der Waals surface area contributed by atoms with E-state index in [1.807, 2.05) is 0 Å². The number of hydrogen-bond donors (Lipinski definition) is 2. The Kier molecular flexibility index (Phi) is 4.41. The lowest BCUT2D eigenvalue weighted by molar-refractivity contribution is 0.281. The van der Waals surface area contributed by atoms with E-state index in [4.69, 9.17) is 22.4 Å². The van der Waals surface area contributed by atoms with Gasteiger partial charge in [-0.05, 0) is 12.8 Å². The molecule has 8 heteroatoms. The number of aliphatic hydroxyl groups excluding tert-OH is 1. The molecule has 0 fully saturated rings. The molecule has 0 aliphatic rings. The summed E-state index contributed by atoms with van der Waals surface area (Å²) in [7, 11) is 0. The highest BCUT2D eigenvalue weighted by Crippen LogP contribution is 2.20. The van der Waals surface area contributed by atoms with Crippen LogP contribution in [0.2, 0.25) is 5.15 Å². The Morgan fingerprint density at radius 2 is 2.10 bits per heavy atom. The van der Waals surface area contributed by atoms with Gasteiger partial charge in [0.1, 0.15) is 5.52 Å². The number of hydrogen-bond acceptors (Lipinski definition) is 5. The average molecular weight is 298 g/mol. The molecule has 2 aromatic heterocycles. The number of aryl methyl sites for hydroxylation is 1. The molecule has 3 N–H and O–H groups in total. The van der Waals surface area contributed by atoms with Crippen molar-refractivity contribution in [2.45, 2.75) is 25.9 Å². The van der Waals surface area contributed by atoms with Crippen molar-refractivity contribution in [3.63, 3.8) is 0 Å². The molecule has 2 aromatic rings. The largest absolute Gasteiger partial charge is 0.396 e. The first-order valence-electron chi connectivity index (χ1n) is 6.24. The Morgan fingerprint density at radius 3 is 2.75 bits per heavy atom. The maximum absolute atomic E-state index is 12.4. The van der Waals surface area contributed by atoms with E-state index in [1.54, 1.807) is 6.08 Å². The second-order valence-corrected chi connectivity index (χ2v) is 4.67. The maximum Gasteiger partial charge on any atom is 0.330 e. The number of nitrogens with zero attached hydrogens (tertiary/aromatic N) is 4. The summed E-state index contributed by atoms with van der Waals surface area (Å²) >= 11 is 6.07. The summed E-state index contributed by atoms with van der Waals surface area (Å²) in [6, 6.07) is 0. The van der Waals surface area contributed by atoms with Gasteiger partial charge in [0.15, 0.2) is 10.8 Å². The van der Waals surface area contributed by atoms with Crippen LogP contribution in [0.25, 0.3) is 11.2 Å². The molecule has 0 aliphatic carbocycles. The van der Waals surface area contributed by atoms with E-state index in [9.17, 15) is 4.79 Å². The van der Waals surface area contributed by atoms with Gasteiger partial charge in [0.25, 0.3) is 0 Å². The molecule has 0 amide bonds. The molecule has 0 unspecified atom stereocenters. The molecule has 0 aliphatic heterocycles. The fourth-order valence-electron chi connectivity index (χ4n) is 2.07. The van der Waals surface area contributed by atoms with Crippen LogP contribution in [0.3, 0.4) is 0 Å². The van der Waals surface area contributed by atoms with Gasteiger partial charge in [-0.15, -0.1) is 6.58 Å². The van der Waals surface area contributed by atoms with E-state index in [-0.39, 0.29) is 23.4 Å². The fraction of sp³-hybridized carbons (Fsp3) is 0.417. The zero-order valence-corrected chi connectivity index (χ0v) is 11.7. The van der Waals surface area contributed by atoms with Crippen LogP contribution in [0.5, 0.6) is 0 Å². The third kappa shape index (κ3) is 2.54. The second kappa shape index (κ2) is 6.06. The van der Waals surface area contributed by atoms with E-state index < -0.39 is 0 Å². The predicted molar refractivity (Wildman–Crippen MR) is 77.7 cm³/mol. The van der Waals surface area contributed by atoms with Gasteiger partial charge in [0.2, 0.25) is 5.95 Å². The lowest BCUT2D eigenvalue weighted by Crippen LogP contribution is -2.24. The number of aromatic nitrogens is 4. The van der Waals surface area contributed by atoms with E-state index in [2.05, 4.69) is 16.5 Å². The third-order valence-electron chi connectivity index (χ3n) is 2.93. The molecule has 108 valence electrons. The SMILES string of the molecule is C=CCn1c(=O)n(CCCCO)c2nc(N)nc(Cl)c21. The highest BCUT2D eigenvalue weighted by molar-refractivity contribution is 6.33. The zero-order valence-electron chi connectivity index (χ0n) is 10.9. The summed E-state index contributed by atoms with van der Waals surface area (Å²) in [6.45, 7) is 4.46. The second-order valence-electron chi connectivity index (χ2n) is 4.31. The van der Waals surface area contributed by atoms with Crippen molar-refractivity contribution in [1.82, 2.24) is 19.1 Å². The predicted octanol–water partition coefficient (Wildman–Crippen LogP) is 0.787. The monoisotopic (exact) mass is 297 g/mol. The number of anilines is 1. The first kappa shape index (κ1) is 14.5. The van der Waals surface area contributed by atoms with Gasteiger partial charge in [-0.1, -0.05) is 17.7 Å². The molecule has 0 aromatic carbocycles. The summed E-state index contributed by atoms with van der Waals surface area (Å²) in [4.78, 5) is 20.4. The van der Waals surface area contributed by atoms with Crippen molar-refractivity contribution in [2.24, 2.45) is 0 Å². The Morgan fingerprint density at radius 1 is 1.35 bits per heavy atom. The van der Waals surface area contributed by atoms with Crippen molar-refractivity contribution in [3.8, 4) is 0 Å². The number of nitrogens with two attached hydrogens (primary N) is 1. The summed E-state index contributed by atoms with van der Waals surface area (Å²) in [5.74, 6) is 0.0224. The number of aliphatic hydroxyl groups is 1. The molecular weight excluding hydrogens is 282 g/mol. The lowest BCUT2D eigenvalue weighted by atomic mass is 10.3. The van der Waals surface area contributed by atoms with Gasteiger partial charge in [-0.25, -0.2) is 4.79 Å². The van der Waals surface area contributed by atoms with Crippen LogP contribution in [0.15, 0.2) is 17.4 Å². The normalized spacial score (nSPS) is 11.1. The summed E-state index contributed by atoms with van der Waals surface area (Å²) < 4.78 is 2.96. The van der Waals surface area contributed by atoms with Gasteiger partial charge >= 0.3 is 5.69 Å². The standard InChI is InChI=1S/C12H16ClN5O2/c1-2-5-17-8-9(13)15-11(14)16-10(8)18(12(17)20)6-3-4-7-19/h2,19H,1,3-7H2,(H2,14,15,16). The van der Waals surface area contributed by atoms with Crippen LogP contribution in [-0.2, 0) is 13.1 Å². The summed E-state index contributed by atoms with van der Waals surface area (Å²) in [6.07, 6.45) is 2.87. The Bertz CT molecular complexity index is 691. The lowest BCUT2D eigenvalue weighted by Gasteiger charge is -2.02. The van der Waals surface area contributed by atoms with Crippen LogP contribution < -0.4 is 11.4 Å². The van der Waals surface area contributed by atoms with E-state index >= 15 is 0 Å². The smallest absolute Gasteiger partial charge is 0.330 e. The van der Waals surface area contributed by atoms with Gasteiger partial charge in [0, 0.05) is 19.7 Å². The van der Waals surface area contributed by atoms with Crippen molar-refractivity contribution >= 4 is 28.7 Å². The van der Waals surface area contributed by atoms with Crippen LogP contribution in [0.1, 0.15) is 12.8 Å². The Labute approximate surface area is 120 Å².